The van der Waals surface area contributed by atoms with Crippen molar-refractivity contribution in [2.24, 2.45) is 4.99 Å². The van der Waals surface area contributed by atoms with Gasteiger partial charge in [0.05, 0.1) is 18.5 Å². The highest BCUT2D eigenvalue weighted by molar-refractivity contribution is 6.07. The molecule has 56 heavy (non-hydrogen) atoms. The number of carboxylic acid groups (broad SMARTS) is 1. The zero-order valence-corrected chi connectivity index (χ0v) is 33.6. The number of aliphatic imine (C=N–C) groups is 1. The predicted molar refractivity (Wildman–Crippen MR) is 219 cm³/mol. The van der Waals surface area contributed by atoms with Crippen molar-refractivity contribution in [1.82, 2.24) is 25.3 Å². The molecule has 2 aliphatic heterocycles. The van der Waals surface area contributed by atoms with Crippen LogP contribution in [0.1, 0.15) is 101 Å². The van der Waals surface area contributed by atoms with Crippen LogP contribution in [0.15, 0.2) is 65.3 Å². The number of likely N-dealkylation sites (N-methyl/N-ethyl adjacent to an activating group) is 1. The zero-order valence-electron chi connectivity index (χ0n) is 33.6. The van der Waals surface area contributed by atoms with Crippen LogP contribution < -0.4 is 20.7 Å². The number of likely N-dealkylation sites (tertiary alicyclic amines) is 1. The Bertz CT molecular complexity index is 1740. The quantitative estimate of drug-likeness (QED) is 0.174. The van der Waals surface area contributed by atoms with Crippen LogP contribution >= 0.6 is 0 Å². The number of methoxy groups -OCH3 is 1. The van der Waals surface area contributed by atoms with E-state index in [1.165, 1.54) is 0 Å². The van der Waals surface area contributed by atoms with Gasteiger partial charge in [0.25, 0.3) is 5.91 Å². The molecule has 0 radical (unpaired) electrons. The number of anilines is 1. The second-order valence-electron chi connectivity index (χ2n) is 14.3. The minimum Gasteiger partial charge on any atom is -0.495 e. The summed E-state index contributed by atoms with van der Waals surface area (Å²) in [5.41, 5.74) is 2.58. The molecule has 0 bridgehead atoms. The van der Waals surface area contributed by atoms with Crippen LogP contribution in [0.5, 0.6) is 5.75 Å². The molecule has 2 saturated heterocycles. The highest BCUT2D eigenvalue weighted by Crippen LogP contribution is 2.33. The van der Waals surface area contributed by atoms with Gasteiger partial charge in [-0.2, -0.15) is 0 Å². The molecule has 4 N–H and O–H groups in total. The Hall–Kier alpha value is -5.35. The maximum Gasteiger partial charge on any atom is 0.330 e. The Morgan fingerprint density at radius 1 is 1.09 bits per heavy atom. The number of piperidine rings is 1. The first-order valence-electron chi connectivity index (χ1n) is 19.7. The van der Waals surface area contributed by atoms with Crippen molar-refractivity contribution in [3.05, 3.63) is 71.4 Å². The molecule has 0 spiro atoms. The molecule has 1 saturated carbocycles. The first-order chi connectivity index (χ1) is 27.1. The van der Waals surface area contributed by atoms with Gasteiger partial charge >= 0.3 is 5.97 Å². The standard InChI is InChI=1S/C40H55N7O6.C3H4/c1-5-32-37(47(30-15-10-11-16-30)33(6-2)39(50)45(32)3)42-26-41-31-19-18-28(25-34(31)53-4)38(49)43-29-20-23-46(24-21-29)22-12-17-35(48)44-36(40(51)52)27-13-8-7-9-14-27;1-3-2/h5,7-9,13-14,18-19,25,29-30,33,36,41H,6,10-12,15-17,20-24,26H2,1-4H3,(H,43,49)(H,44,48)(H,51,52);1H,2H3/b32-5+,42-37+;. The van der Waals surface area contributed by atoms with Crippen LogP contribution in [0, 0.1) is 12.3 Å². The number of nitrogens with one attached hydrogen (secondary N) is 3. The molecule has 302 valence electrons. The summed E-state index contributed by atoms with van der Waals surface area (Å²) in [7, 11) is 3.40. The minimum atomic E-state index is -1.09. The summed E-state index contributed by atoms with van der Waals surface area (Å²) in [6, 6.07) is 13.1. The SMILES string of the molecule is C#CC.C/C=C1\C(=N/CNc2ccc(C(=O)NC3CCN(CCCC(=O)NC(C(=O)O)c4ccccc4)CC3)cc2OC)N(C2CCCC2)C(CC)C(=O)N1C. The van der Waals surface area contributed by atoms with Gasteiger partial charge in [-0.3, -0.25) is 14.4 Å². The number of rotatable bonds is 15. The Morgan fingerprint density at radius 2 is 1.77 bits per heavy atom. The molecule has 3 amide bonds. The average molecular weight is 770 g/mol. The summed E-state index contributed by atoms with van der Waals surface area (Å²) in [5.74, 6) is 2.18. The van der Waals surface area contributed by atoms with Crippen LogP contribution in [-0.2, 0) is 14.4 Å². The molecule has 13 nitrogen and oxygen atoms in total. The number of nitrogens with zero attached hydrogens (tertiary/aromatic N) is 4. The van der Waals surface area contributed by atoms with E-state index in [1.54, 1.807) is 61.4 Å². The first-order valence-corrected chi connectivity index (χ1v) is 19.7. The van der Waals surface area contributed by atoms with Gasteiger partial charge in [-0.25, -0.2) is 9.79 Å². The van der Waals surface area contributed by atoms with E-state index < -0.39 is 12.0 Å². The smallest absolute Gasteiger partial charge is 0.330 e. The normalized spacial score (nSPS) is 19.9. The summed E-state index contributed by atoms with van der Waals surface area (Å²) < 4.78 is 5.67. The fourth-order valence-corrected chi connectivity index (χ4v) is 7.73. The minimum absolute atomic E-state index is 0.0277. The van der Waals surface area contributed by atoms with E-state index in [0.29, 0.717) is 35.8 Å². The van der Waals surface area contributed by atoms with Crippen LogP contribution in [-0.4, -0.2) is 108 Å². The number of hydrogen-bond acceptors (Lipinski definition) is 8. The predicted octanol–water partition coefficient (Wildman–Crippen LogP) is 5.42. The first kappa shape index (κ1) is 43.4. The van der Waals surface area contributed by atoms with Gasteiger partial charge in [0, 0.05) is 44.2 Å². The van der Waals surface area contributed by atoms with E-state index >= 15 is 0 Å². The van der Waals surface area contributed by atoms with E-state index in [4.69, 9.17) is 9.73 Å². The molecule has 2 heterocycles. The third-order valence-corrected chi connectivity index (χ3v) is 10.6. The second-order valence-corrected chi connectivity index (χ2v) is 14.3. The molecule has 2 aromatic rings. The number of carbonyl (C=O) groups is 4. The van der Waals surface area contributed by atoms with E-state index in [9.17, 15) is 24.3 Å². The van der Waals surface area contributed by atoms with Crippen molar-refractivity contribution in [1.29, 1.82) is 0 Å². The fraction of sp³-hybridized carbons (Fsp3) is 0.512. The third-order valence-electron chi connectivity index (χ3n) is 10.6. The summed E-state index contributed by atoms with van der Waals surface area (Å²) >= 11 is 0. The number of aliphatic carboxylic acids is 1. The van der Waals surface area contributed by atoms with E-state index in [2.05, 4.69) is 45.0 Å². The molecule has 0 aromatic heterocycles. The molecule has 2 aromatic carbocycles. The molecule has 13 heteroatoms. The van der Waals surface area contributed by atoms with Gasteiger partial charge in [-0.15, -0.1) is 12.3 Å². The van der Waals surface area contributed by atoms with Crippen molar-refractivity contribution < 1.29 is 29.0 Å². The summed E-state index contributed by atoms with van der Waals surface area (Å²) in [6.07, 6.45) is 14.1. The number of carbonyl (C=O) groups excluding carboxylic acids is 3. The lowest BCUT2D eigenvalue weighted by Crippen LogP contribution is -2.60. The van der Waals surface area contributed by atoms with Crippen LogP contribution in [0.25, 0.3) is 0 Å². The molecule has 5 rings (SSSR count). The van der Waals surface area contributed by atoms with Crippen molar-refractivity contribution in [3.63, 3.8) is 0 Å². The maximum absolute atomic E-state index is 13.3. The van der Waals surface area contributed by atoms with E-state index in [1.807, 2.05) is 26.1 Å². The molecule has 2 atom stereocenters. The van der Waals surface area contributed by atoms with Crippen molar-refractivity contribution in [2.75, 3.05) is 45.8 Å². The van der Waals surface area contributed by atoms with Gasteiger partial charge in [0.15, 0.2) is 6.04 Å². The molecule has 3 aliphatic rings. The Balaban J connectivity index is 0.00000225. The number of allylic oxidation sites excluding steroid dienone is 1. The van der Waals surface area contributed by atoms with Gasteiger partial charge in [-0.1, -0.05) is 56.2 Å². The number of amidine groups is 1. The molecular formula is C43H59N7O6. The lowest BCUT2D eigenvalue weighted by Gasteiger charge is -2.45. The van der Waals surface area contributed by atoms with Crippen molar-refractivity contribution in [2.45, 2.75) is 103 Å². The second kappa shape index (κ2) is 21.7. The Kier molecular flexibility index (Phi) is 16.8. The summed E-state index contributed by atoms with van der Waals surface area (Å²) in [5, 5.41) is 18.7. The third kappa shape index (κ3) is 11.4. The number of piperazine rings is 1. The number of ether oxygens (including phenoxy) is 1. The van der Waals surface area contributed by atoms with Crippen LogP contribution in [0.3, 0.4) is 0 Å². The molecule has 2 unspecified atom stereocenters. The van der Waals surface area contributed by atoms with Gasteiger partial charge in [-0.05, 0) is 82.7 Å². The lowest BCUT2D eigenvalue weighted by atomic mass is 10.0. The average Bonchev–Trinajstić information content (AvgIpc) is 3.74. The van der Waals surface area contributed by atoms with E-state index in [-0.39, 0.29) is 42.9 Å². The number of carboxylic acids is 1. The Morgan fingerprint density at radius 3 is 2.38 bits per heavy atom. The Labute approximate surface area is 331 Å². The zero-order chi connectivity index (χ0) is 40.6. The van der Waals surface area contributed by atoms with Crippen molar-refractivity contribution >= 4 is 35.2 Å². The van der Waals surface area contributed by atoms with Gasteiger partial charge in [0.1, 0.15) is 24.3 Å². The monoisotopic (exact) mass is 769 g/mol. The van der Waals surface area contributed by atoms with Gasteiger partial charge in [0.2, 0.25) is 11.8 Å². The summed E-state index contributed by atoms with van der Waals surface area (Å²) in [6.45, 7) is 8.22. The lowest BCUT2D eigenvalue weighted by molar-refractivity contribution is -0.142. The van der Waals surface area contributed by atoms with Crippen LogP contribution in [0.2, 0.25) is 0 Å². The maximum atomic E-state index is 13.3. The molecule has 3 fully saturated rings. The molecule has 1 aliphatic carbocycles. The summed E-state index contributed by atoms with van der Waals surface area (Å²) in [4.78, 5) is 62.0. The number of terminal acetylenes is 1. The highest BCUT2D eigenvalue weighted by Gasteiger charge is 2.42. The topological polar surface area (TPSA) is 156 Å². The largest absolute Gasteiger partial charge is 0.495 e. The van der Waals surface area contributed by atoms with E-state index in [0.717, 1.165) is 75.4 Å². The number of amides is 3. The van der Waals surface area contributed by atoms with Crippen LogP contribution in [0.4, 0.5) is 5.69 Å². The van der Waals surface area contributed by atoms with Crippen molar-refractivity contribution in [3.8, 4) is 18.1 Å². The fourth-order valence-electron chi connectivity index (χ4n) is 7.73. The number of hydrogen-bond donors (Lipinski definition) is 4. The highest BCUT2D eigenvalue weighted by atomic mass is 16.5. The molecular weight excluding hydrogens is 711 g/mol. The van der Waals surface area contributed by atoms with Gasteiger partial charge < -0.3 is 40.5 Å². The number of benzene rings is 2.